The van der Waals surface area contributed by atoms with Crippen molar-refractivity contribution in [3.05, 3.63) is 12.2 Å². The van der Waals surface area contributed by atoms with Crippen LogP contribution in [-0.2, 0) is 14.3 Å². The van der Waals surface area contributed by atoms with Crippen LogP contribution in [0.15, 0.2) is 12.2 Å². The molecule has 0 saturated carbocycles. The lowest BCUT2D eigenvalue weighted by atomic mass is 10.0. The van der Waals surface area contributed by atoms with E-state index in [1.54, 1.807) is 0 Å². The summed E-state index contributed by atoms with van der Waals surface area (Å²) in [6.07, 6.45) is 62.0. The zero-order valence-corrected chi connectivity index (χ0v) is 42.6. The second-order valence-corrected chi connectivity index (χ2v) is 19.6. The molecule has 0 heterocycles. The minimum absolute atomic E-state index is 0.0261. The monoisotopic (exact) mass is 890 g/mol. The van der Waals surface area contributed by atoms with Crippen LogP contribution >= 0.6 is 0 Å². The Balaban J connectivity index is 3.48. The Bertz CT molecular complexity index is 939. The van der Waals surface area contributed by atoms with E-state index in [1.807, 2.05) is 0 Å². The van der Waals surface area contributed by atoms with Crippen LogP contribution in [0.5, 0.6) is 0 Å². The molecule has 0 bridgehead atoms. The molecule has 6 heteroatoms. The second-order valence-electron chi connectivity index (χ2n) is 19.6. The standard InChI is InChI=1S/C57H111NO5/c1-3-5-7-9-11-13-15-17-19-21-23-25-27-31-35-39-43-47-51-57(62)63-52-48-44-40-36-32-28-30-34-38-42-46-50-56(61)58-54(53-59)55(60)49-45-41-37-33-29-26-24-22-20-18-16-14-12-10-8-6-4-2/h32,36,54-55,59-60H,3-31,33-35,37-53H2,1-2H3,(H,58,61)/b36-32-. The number of amides is 1. The van der Waals surface area contributed by atoms with E-state index in [0.717, 1.165) is 77.0 Å². The molecule has 374 valence electrons. The number of unbranched alkanes of at least 4 members (excludes halogenated alkanes) is 40. The molecule has 0 aliphatic heterocycles. The predicted molar refractivity (Wildman–Crippen MR) is 273 cm³/mol. The summed E-state index contributed by atoms with van der Waals surface area (Å²) in [5.74, 6) is -0.0872. The topological polar surface area (TPSA) is 95.9 Å². The molecule has 0 aliphatic carbocycles. The lowest BCUT2D eigenvalue weighted by Gasteiger charge is -2.22. The van der Waals surface area contributed by atoms with Crippen molar-refractivity contribution in [2.45, 2.75) is 328 Å². The van der Waals surface area contributed by atoms with Gasteiger partial charge in [-0.25, -0.2) is 0 Å². The summed E-state index contributed by atoms with van der Waals surface area (Å²) >= 11 is 0. The molecule has 0 aromatic rings. The average molecular weight is 891 g/mol. The lowest BCUT2D eigenvalue weighted by molar-refractivity contribution is -0.143. The zero-order valence-electron chi connectivity index (χ0n) is 42.6. The largest absolute Gasteiger partial charge is 0.466 e. The molecule has 0 spiro atoms. The van der Waals surface area contributed by atoms with Crippen molar-refractivity contribution in [2.24, 2.45) is 0 Å². The number of esters is 1. The number of hydrogen-bond acceptors (Lipinski definition) is 5. The van der Waals surface area contributed by atoms with Crippen LogP contribution in [0.3, 0.4) is 0 Å². The van der Waals surface area contributed by atoms with Gasteiger partial charge in [0.1, 0.15) is 0 Å². The summed E-state index contributed by atoms with van der Waals surface area (Å²) in [6, 6.07) is -0.562. The van der Waals surface area contributed by atoms with Gasteiger partial charge in [-0.05, 0) is 51.4 Å². The summed E-state index contributed by atoms with van der Waals surface area (Å²) < 4.78 is 5.46. The summed E-state index contributed by atoms with van der Waals surface area (Å²) in [5.41, 5.74) is 0. The maximum absolute atomic E-state index is 12.5. The first-order valence-corrected chi connectivity index (χ1v) is 28.4. The number of aliphatic hydroxyl groups excluding tert-OH is 2. The van der Waals surface area contributed by atoms with Crippen molar-refractivity contribution in [1.82, 2.24) is 5.32 Å². The highest BCUT2D eigenvalue weighted by molar-refractivity contribution is 5.76. The van der Waals surface area contributed by atoms with Crippen LogP contribution in [0.25, 0.3) is 0 Å². The quantitative estimate of drug-likeness (QED) is 0.0321. The molecule has 0 aliphatic rings. The van der Waals surface area contributed by atoms with E-state index < -0.39 is 12.1 Å². The van der Waals surface area contributed by atoms with E-state index in [2.05, 4.69) is 31.3 Å². The summed E-state index contributed by atoms with van der Waals surface area (Å²) in [6.45, 7) is 4.90. The summed E-state index contributed by atoms with van der Waals surface area (Å²) in [5, 5.41) is 23.3. The van der Waals surface area contributed by atoms with Crippen molar-refractivity contribution in [3.8, 4) is 0 Å². The third-order valence-corrected chi connectivity index (χ3v) is 13.3. The van der Waals surface area contributed by atoms with Gasteiger partial charge in [0.05, 0.1) is 25.4 Å². The molecule has 63 heavy (non-hydrogen) atoms. The van der Waals surface area contributed by atoms with Gasteiger partial charge in [-0.2, -0.15) is 0 Å². The molecule has 0 saturated heterocycles. The molecule has 0 radical (unpaired) electrons. The van der Waals surface area contributed by atoms with Crippen molar-refractivity contribution in [1.29, 1.82) is 0 Å². The number of rotatable bonds is 53. The Morgan fingerprint density at radius 3 is 1.13 bits per heavy atom. The maximum Gasteiger partial charge on any atom is 0.305 e. The van der Waals surface area contributed by atoms with Crippen molar-refractivity contribution in [3.63, 3.8) is 0 Å². The summed E-state index contributed by atoms with van der Waals surface area (Å²) in [7, 11) is 0. The van der Waals surface area contributed by atoms with Crippen LogP contribution in [0, 0.1) is 0 Å². The van der Waals surface area contributed by atoms with Gasteiger partial charge in [-0.15, -0.1) is 0 Å². The normalized spacial score (nSPS) is 12.6. The van der Waals surface area contributed by atoms with Gasteiger partial charge in [0.25, 0.3) is 0 Å². The zero-order chi connectivity index (χ0) is 45.8. The van der Waals surface area contributed by atoms with Gasteiger partial charge < -0.3 is 20.3 Å². The Hall–Kier alpha value is -1.40. The maximum atomic E-state index is 12.5. The molecule has 3 N–H and O–H groups in total. The Morgan fingerprint density at radius 1 is 0.429 bits per heavy atom. The van der Waals surface area contributed by atoms with Crippen LogP contribution in [0.1, 0.15) is 316 Å². The first-order valence-electron chi connectivity index (χ1n) is 28.4. The van der Waals surface area contributed by atoms with E-state index >= 15 is 0 Å². The third-order valence-electron chi connectivity index (χ3n) is 13.3. The lowest BCUT2D eigenvalue weighted by Crippen LogP contribution is -2.45. The number of hydrogen-bond donors (Lipinski definition) is 3. The molecular formula is C57H111NO5. The number of nitrogens with one attached hydrogen (secondary N) is 1. The number of aliphatic hydroxyl groups is 2. The SMILES string of the molecule is CCCCCCCCCCCCCCCCCCCCC(=O)OCCCC/C=C\CCCCCCCC(=O)NC(CO)C(O)CCCCCCCCCCCCCCCCCCC. The van der Waals surface area contributed by atoms with E-state index in [4.69, 9.17) is 4.74 Å². The van der Waals surface area contributed by atoms with Gasteiger partial charge in [0.2, 0.25) is 5.91 Å². The van der Waals surface area contributed by atoms with E-state index in [9.17, 15) is 19.8 Å². The highest BCUT2D eigenvalue weighted by atomic mass is 16.5. The van der Waals surface area contributed by atoms with Crippen LogP contribution in [0.2, 0.25) is 0 Å². The first kappa shape index (κ1) is 61.6. The van der Waals surface area contributed by atoms with Gasteiger partial charge in [-0.1, -0.05) is 264 Å². The summed E-state index contributed by atoms with van der Waals surface area (Å²) in [4.78, 5) is 24.5. The fourth-order valence-electron chi connectivity index (χ4n) is 8.93. The molecule has 2 atom stereocenters. The minimum atomic E-state index is -0.681. The van der Waals surface area contributed by atoms with Crippen molar-refractivity contribution < 1.29 is 24.5 Å². The van der Waals surface area contributed by atoms with Gasteiger partial charge in [0, 0.05) is 12.8 Å². The number of carbonyl (C=O) groups excluding carboxylic acids is 2. The van der Waals surface area contributed by atoms with Crippen molar-refractivity contribution >= 4 is 11.9 Å². The number of ether oxygens (including phenoxy) is 1. The van der Waals surface area contributed by atoms with Crippen LogP contribution in [0.4, 0.5) is 0 Å². The highest BCUT2D eigenvalue weighted by Crippen LogP contribution is 2.17. The van der Waals surface area contributed by atoms with E-state index in [1.165, 1.54) is 205 Å². The molecule has 1 amide bonds. The Morgan fingerprint density at radius 2 is 0.746 bits per heavy atom. The van der Waals surface area contributed by atoms with E-state index in [0.29, 0.717) is 25.9 Å². The molecular weight excluding hydrogens is 779 g/mol. The Kier molecular flexibility index (Phi) is 52.0. The predicted octanol–water partition coefficient (Wildman–Crippen LogP) is 17.3. The molecule has 2 unspecified atom stereocenters. The van der Waals surface area contributed by atoms with Gasteiger partial charge in [0.15, 0.2) is 0 Å². The number of allylic oxidation sites excluding steroid dienone is 2. The minimum Gasteiger partial charge on any atom is -0.466 e. The third kappa shape index (κ3) is 49.9. The molecule has 0 fully saturated rings. The molecule has 6 nitrogen and oxygen atoms in total. The van der Waals surface area contributed by atoms with Gasteiger partial charge in [-0.3, -0.25) is 9.59 Å². The second kappa shape index (κ2) is 53.2. The van der Waals surface area contributed by atoms with Gasteiger partial charge >= 0.3 is 5.97 Å². The first-order chi connectivity index (χ1) is 31.0. The molecule has 0 aromatic heterocycles. The Labute approximate surface area is 393 Å². The van der Waals surface area contributed by atoms with Crippen LogP contribution < -0.4 is 5.32 Å². The molecule has 0 aromatic carbocycles. The van der Waals surface area contributed by atoms with Crippen LogP contribution in [-0.4, -0.2) is 47.4 Å². The highest BCUT2D eigenvalue weighted by Gasteiger charge is 2.20. The van der Waals surface area contributed by atoms with E-state index in [-0.39, 0.29) is 18.5 Å². The fourth-order valence-corrected chi connectivity index (χ4v) is 8.93. The molecule has 0 rings (SSSR count). The number of carbonyl (C=O) groups is 2. The van der Waals surface area contributed by atoms with Crippen molar-refractivity contribution in [2.75, 3.05) is 13.2 Å². The average Bonchev–Trinajstić information content (AvgIpc) is 3.28. The fraction of sp³-hybridized carbons (Fsp3) is 0.930. The smallest absolute Gasteiger partial charge is 0.305 e.